The molecular formula is C13H17N3O2. The summed E-state index contributed by atoms with van der Waals surface area (Å²) < 4.78 is 0. The molecule has 0 bridgehead atoms. The fourth-order valence-electron chi connectivity index (χ4n) is 2.28. The highest BCUT2D eigenvalue weighted by Gasteiger charge is 2.21. The van der Waals surface area contributed by atoms with Gasteiger partial charge in [-0.05, 0) is 48.8 Å². The van der Waals surface area contributed by atoms with Crippen LogP contribution in [0.15, 0.2) is 23.4 Å². The van der Waals surface area contributed by atoms with E-state index >= 15 is 0 Å². The average Bonchev–Trinajstić information content (AvgIpc) is 2.40. The van der Waals surface area contributed by atoms with Crippen LogP contribution in [0.4, 0.5) is 11.4 Å². The summed E-state index contributed by atoms with van der Waals surface area (Å²) in [5.41, 5.74) is 2.22. The third-order valence-corrected chi connectivity index (χ3v) is 3.15. The van der Waals surface area contributed by atoms with Gasteiger partial charge in [0.05, 0.1) is 0 Å². The molecule has 1 amide bonds. The Balaban J connectivity index is 2.35. The molecule has 1 aliphatic heterocycles. The van der Waals surface area contributed by atoms with Crippen molar-refractivity contribution in [3.05, 3.63) is 28.7 Å². The second-order valence-corrected chi connectivity index (χ2v) is 4.44. The number of benzene rings is 1. The number of carbonyl (C=O) groups is 1. The lowest BCUT2D eigenvalue weighted by Gasteiger charge is -2.28. The van der Waals surface area contributed by atoms with Gasteiger partial charge in [-0.3, -0.25) is 4.79 Å². The van der Waals surface area contributed by atoms with Crippen LogP contribution in [0.2, 0.25) is 0 Å². The van der Waals surface area contributed by atoms with E-state index in [-0.39, 0.29) is 5.91 Å². The number of anilines is 1. The van der Waals surface area contributed by atoms with Crippen LogP contribution in [0.3, 0.4) is 0 Å². The maximum Gasteiger partial charge on any atom is 0.226 e. The van der Waals surface area contributed by atoms with E-state index in [4.69, 9.17) is 0 Å². The Morgan fingerprint density at radius 1 is 1.39 bits per heavy atom. The topological polar surface area (TPSA) is 61.8 Å². The third-order valence-electron chi connectivity index (χ3n) is 3.15. The van der Waals surface area contributed by atoms with Crippen LogP contribution in [0, 0.1) is 4.91 Å². The van der Waals surface area contributed by atoms with Crippen LogP contribution in [-0.2, 0) is 11.3 Å². The molecule has 18 heavy (non-hydrogen) atoms. The smallest absolute Gasteiger partial charge is 0.226 e. The first kappa shape index (κ1) is 12.7. The van der Waals surface area contributed by atoms with Crippen molar-refractivity contribution in [3.63, 3.8) is 0 Å². The first-order valence-corrected chi connectivity index (χ1v) is 6.17. The zero-order valence-electron chi connectivity index (χ0n) is 10.5. The summed E-state index contributed by atoms with van der Waals surface area (Å²) in [6.45, 7) is 1.37. The summed E-state index contributed by atoms with van der Waals surface area (Å²) in [7, 11) is 1.84. The van der Waals surface area contributed by atoms with Gasteiger partial charge < -0.3 is 10.2 Å². The number of rotatable bonds is 4. The summed E-state index contributed by atoms with van der Waals surface area (Å²) in [6.07, 6.45) is 2.59. The van der Waals surface area contributed by atoms with E-state index in [1.54, 1.807) is 12.1 Å². The van der Waals surface area contributed by atoms with Crippen molar-refractivity contribution in [2.24, 2.45) is 5.18 Å². The van der Waals surface area contributed by atoms with Crippen molar-refractivity contribution in [2.45, 2.75) is 25.8 Å². The molecule has 1 aliphatic rings. The van der Waals surface area contributed by atoms with E-state index in [0.717, 1.165) is 30.6 Å². The van der Waals surface area contributed by atoms with Crippen molar-refractivity contribution < 1.29 is 4.79 Å². The lowest BCUT2D eigenvalue weighted by Crippen LogP contribution is -2.36. The predicted molar refractivity (Wildman–Crippen MR) is 70.9 cm³/mol. The van der Waals surface area contributed by atoms with Gasteiger partial charge in [-0.2, -0.15) is 0 Å². The van der Waals surface area contributed by atoms with Gasteiger partial charge in [0.15, 0.2) is 0 Å². The lowest BCUT2D eigenvalue weighted by atomic mass is 10.1. The number of nitrogens with zero attached hydrogens (tertiary/aromatic N) is 2. The minimum atomic E-state index is 0.158. The monoisotopic (exact) mass is 247 g/mol. The number of hydrogen-bond donors (Lipinski definition) is 1. The minimum Gasteiger partial charge on any atom is -0.316 e. The molecule has 1 N–H and O–H groups in total. The lowest BCUT2D eigenvalue weighted by molar-refractivity contribution is -0.119. The Labute approximate surface area is 106 Å². The molecule has 0 unspecified atom stereocenters. The van der Waals surface area contributed by atoms with Gasteiger partial charge in [0.25, 0.3) is 0 Å². The van der Waals surface area contributed by atoms with Gasteiger partial charge in [0.1, 0.15) is 5.69 Å². The molecule has 1 heterocycles. The standard InChI is InChI=1S/C13H17N3O2/c1-14-9-10-8-11(15-18)5-6-12(10)16-7-3-2-4-13(16)17/h5-6,8,14H,2-4,7,9H2,1H3. The van der Waals surface area contributed by atoms with E-state index in [2.05, 4.69) is 10.5 Å². The second kappa shape index (κ2) is 5.73. The Kier molecular flexibility index (Phi) is 4.04. The van der Waals surface area contributed by atoms with Crippen LogP contribution in [0.5, 0.6) is 0 Å². The van der Waals surface area contributed by atoms with Crippen LogP contribution >= 0.6 is 0 Å². The number of carbonyl (C=O) groups excluding carboxylic acids is 1. The molecule has 5 heteroatoms. The fourth-order valence-corrected chi connectivity index (χ4v) is 2.28. The molecule has 1 aromatic carbocycles. The Morgan fingerprint density at radius 2 is 2.22 bits per heavy atom. The molecule has 0 spiro atoms. The van der Waals surface area contributed by atoms with Crippen LogP contribution < -0.4 is 10.2 Å². The van der Waals surface area contributed by atoms with E-state index in [1.165, 1.54) is 0 Å². The first-order valence-electron chi connectivity index (χ1n) is 6.17. The SMILES string of the molecule is CNCc1cc(N=O)ccc1N1CCCCC1=O. The molecule has 1 aromatic rings. The molecule has 96 valence electrons. The van der Waals surface area contributed by atoms with Crippen LogP contribution in [0.25, 0.3) is 0 Å². The molecule has 0 radical (unpaired) electrons. The summed E-state index contributed by atoms with van der Waals surface area (Å²) in [4.78, 5) is 24.3. The molecule has 1 saturated heterocycles. The van der Waals surface area contributed by atoms with E-state index in [1.807, 2.05) is 18.0 Å². The highest BCUT2D eigenvalue weighted by molar-refractivity contribution is 5.95. The fraction of sp³-hybridized carbons (Fsp3) is 0.462. The number of hydrogen-bond acceptors (Lipinski definition) is 4. The maximum atomic E-state index is 11.9. The van der Waals surface area contributed by atoms with E-state index < -0.39 is 0 Å². The molecule has 0 aromatic heterocycles. The quantitative estimate of drug-likeness (QED) is 0.830. The van der Waals surface area contributed by atoms with Gasteiger partial charge in [-0.1, -0.05) is 0 Å². The molecule has 5 nitrogen and oxygen atoms in total. The Morgan fingerprint density at radius 3 is 2.89 bits per heavy atom. The van der Waals surface area contributed by atoms with Gasteiger partial charge in [0.2, 0.25) is 5.91 Å². The van der Waals surface area contributed by atoms with Crippen LogP contribution in [0.1, 0.15) is 24.8 Å². The highest BCUT2D eigenvalue weighted by Crippen LogP contribution is 2.28. The zero-order chi connectivity index (χ0) is 13.0. The van der Waals surface area contributed by atoms with Crippen molar-refractivity contribution in [2.75, 3.05) is 18.5 Å². The Bertz CT molecular complexity index is 460. The third kappa shape index (κ3) is 2.56. The number of nitroso groups, excluding NO2 is 1. The first-order chi connectivity index (χ1) is 8.76. The van der Waals surface area contributed by atoms with E-state index in [0.29, 0.717) is 18.7 Å². The van der Waals surface area contributed by atoms with E-state index in [9.17, 15) is 9.70 Å². The summed E-state index contributed by atoms with van der Waals surface area (Å²) in [6, 6.07) is 5.21. The van der Waals surface area contributed by atoms with Crippen molar-refractivity contribution in [1.29, 1.82) is 0 Å². The second-order valence-electron chi connectivity index (χ2n) is 4.44. The van der Waals surface area contributed by atoms with Crippen molar-refractivity contribution in [3.8, 4) is 0 Å². The average molecular weight is 247 g/mol. The molecule has 2 rings (SSSR count). The summed E-state index contributed by atoms with van der Waals surface area (Å²) in [5.74, 6) is 0.158. The minimum absolute atomic E-state index is 0.158. The van der Waals surface area contributed by atoms with Gasteiger partial charge in [0, 0.05) is 25.2 Å². The van der Waals surface area contributed by atoms with Gasteiger partial charge in [-0.25, -0.2) is 0 Å². The summed E-state index contributed by atoms with van der Waals surface area (Å²) in [5, 5.41) is 5.99. The normalized spacial score (nSPS) is 15.8. The number of piperidine rings is 1. The van der Waals surface area contributed by atoms with Crippen molar-refractivity contribution >= 4 is 17.3 Å². The van der Waals surface area contributed by atoms with Crippen LogP contribution in [-0.4, -0.2) is 19.5 Å². The number of nitrogens with one attached hydrogen (secondary N) is 1. The number of amides is 1. The van der Waals surface area contributed by atoms with Gasteiger partial charge >= 0.3 is 0 Å². The predicted octanol–water partition coefficient (Wildman–Crippen LogP) is 2.32. The highest BCUT2D eigenvalue weighted by atomic mass is 16.3. The molecule has 0 aliphatic carbocycles. The zero-order valence-corrected chi connectivity index (χ0v) is 10.5. The van der Waals surface area contributed by atoms with Gasteiger partial charge in [-0.15, -0.1) is 4.91 Å². The molecule has 0 saturated carbocycles. The largest absolute Gasteiger partial charge is 0.316 e. The Hall–Kier alpha value is -1.75. The maximum absolute atomic E-state index is 11.9. The molecule has 0 atom stereocenters. The molecular weight excluding hydrogens is 230 g/mol. The molecule has 1 fully saturated rings. The summed E-state index contributed by atoms with van der Waals surface area (Å²) >= 11 is 0. The van der Waals surface area contributed by atoms with Crippen molar-refractivity contribution in [1.82, 2.24) is 5.32 Å².